The normalized spacial score (nSPS) is 11.8. The van der Waals surface area contributed by atoms with E-state index in [4.69, 9.17) is 30.5 Å². The molecular weight excluding hydrogens is 377 g/mol. The van der Waals surface area contributed by atoms with Crippen molar-refractivity contribution in [3.63, 3.8) is 0 Å². The highest BCUT2D eigenvalue weighted by Gasteiger charge is 2.14. The Morgan fingerprint density at radius 3 is 2.46 bits per heavy atom. The first-order valence-electron chi connectivity index (χ1n) is 8.38. The van der Waals surface area contributed by atoms with Crippen LogP contribution in [0.15, 0.2) is 30.3 Å². The molecule has 142 valence electrons. The molecule has 0 saturated heterocycles. The van der Waals surface area contributed by atoms with Crippen LogP contribution < -0.4 is 24.3 Å². The van der Waals surface area contributed by atoms with E-state index in [1.807, 2.05) is 44.2 Å². The third-order valence-electron chi connectivity index (χ3n) is 3.75. The summed E-state index contributed by atoms with van der Waals surface area (Å²) >= 11 is 6.35. The highest BCUT2D eigenvalue weighted by molar-refractivity contribution is 6.32. The van der Waals surface area contributed by atoms with Gasteiger partial charge in [-0.1, -0.05) is 17.7 Å². The van der Waals surface area contributed by atoms with Gasteiger partial charge in [-0.05, 0) is 49.2 Å². The Morgan fingerprint density at radius 1 is 0.962 bits per heavy atom. The fraction of sp³-hybridized carbons (Fsp3) is 0.368. The van der Waals surface area contributed by atoms with Crippen molar-refractivity contribution in [1.29, 1.82) is 0 Å². The number of benzene rings is 2. The maximum atomic E-state index is 6.35. The second kappa shape index (κ2) is 9.76. The van der Waals surface area contributed by atoms with Crippen molar-refractivity contribution >= 4 is 24.0 Å². The summed E-state index contributed by atoms with van der Waals surface area (Å²) in [5.74, 6) is 2.87. The molecule has 26 heavy (non-hydrogen) atoms. The molecule has 2 aromatic rings. The maximum absolute atomic E-state index is 6.35. The predicted molar refractivity (Wildman–Crippen MR) is 104 cm³/mol. The van der Waals surface area contributed by atoms with Crippen molar-refractivity contribution in [2.45, 2.75) is 26.9 Å². The number of rotatable bonds is 8. The van der Waals surface area contributed by atoms with Crippen molar-refractivity contribution in [2.24, 2.45) is 0 Å². The fourth-order valence-electron chi connectivity index (χ4n) is 2.67. The van der Waals surface area contributed by atoms with E-state index in [-0.39, 0.29) is 19.2 Å². The van der Waals surface area contributed by atoms with Gasteiger partial charge in [0.1, 0.15) is 0 Å². The Hall–Kier alpha value is -1.82. The van der Waals surface area contributed by atoms with Crippen LogP contribution in [0.25, 0.3) is 0 Å². The minimum Gasteiger partial charge on any atom is -0.490 e. The Labute approximate surface area is 164 Å². The molecule has 1 N–H and O–H groups in total. The molecular formula is C19H23Cl2NO4. The van der Waals surface area contributed by atoms with Crippen LogP contribution in [0, 0.1) is 0 Å². The molecule has 0 amide bonds. The summed E-state index contributed by atoms with van der Waals surface area (Å²) in [5, 5.41) is 3.97. The topological polar surface area (TPSA) is 49.0 Å². The van der Waals surface area contributed by atoms with Crippen LogP contribution in [-0.2, 0) is 13.1 Å². The first kappa shape index (κ1) is 20.5. The zero-order valence-electron chi connectivity index (χ0n) is 14.8. The quantitative estimate of drug-likeness (QED) is 0.703. The van der Waals surface area contributed by atoms with Crippen molar-refractivity contribution in [2.75, 3.05) is 20.0 Å². The van der Waals surface area contributed by atoms with Crippen LogP contribution in [0.3, 0.4) is 0 Å². The van der Waals surface area contributed by atoms with Crippen LogP contribution >= 0.6 is 24.0 Å². The summed E-state index contributed by atoms with van der Waals surface area (Å²) in [6.45, 7) is 6.64. The molecule has 7 heteroatoms. The van der Waals surface area contributed by atoms with Crippen molar-refractivity contribution in [3.8, 4) is 23.0 Å². The van der Waals surface area contributed by atoms with E-state index >= 15 is 0 Å². The van der Waals surface area contributed by atoms with Gasteiger partial charge in [0.2, 0.25) is 6.79 Å². The van der Waals surface area contributed by atoms with Gasteiger partial charge in [-0.15, -0.1) is 12.4 Å². The van der Waals surface area contributed by atoms with E-state index < -0.39 is 0 Å². The zero-order valence-corrected chi connectivity index (χ0v) is 16.4. The number of nitrogens with one attached hydrogen (secondary N) is 1. The van der Waals surface area contributed by atoms with E-state index in [2.05, 4.69) is 5.32 Å². The average molecular weight is 400 g/mol. The monoisotopic (exact) mass is 399 g/mol. The van der Waals surface area contributed by atoms with E-state index in [0.29, 0.717) is 42.8 Å². The van der Waals surface area contributed by atoms with Gasteiger partial charge in [0.15, 0.2) is 23.0 Å². The molecule has 0 spiro atoms. The minimum absolute atomic E-state index is 0. The second-order valence-electron chi connectivity index (χ2n) is 5.56. The molecule has 1 aliphatic heterocycles. The number of hydrogen-bond acceptors (Lipinski definition) is 5. The third-order valence-corrected chi connectivity index (χ3v) is 4.03. The lowest BCUT2D eigenvalue weighted by molar-refractivity contribution is 0.174. The summed E-state index contributed by atoms with van der Waals surface area (Å²) in [4.78, 5) is 0. The largest absolute Gasteiger partial charge is 0.490 e. The molecule has 0 fully saturated rings. The predicted octanol–water partition coefficient (Wildman–Crippen LogP) is 4.58. The van der Waals surface area contributed by atoms with Crippen LogP contribution in [-0.4, -0.2) is 20.0 Å². The number of hydrogen-bond donors (Lipinski definition) is 1. The van der Waals surface area contributed by atoms with Gasteiger partial charge in [0.25, 0.3) is 0 Å². The molecule has 5 nitrogen and oxygen atoms in total. The van der Waals surface area contributed by atoms with Gasteiger partial charge in [-0.3, -0.25) is 0 Å². The van der Waals surface area contributed by atoms with Crippen molar-refractivity contribution in [1.82, 2.24) is 5.32 Å². The molecule has 1 heterocycles. The molecule has 0 aromatic heterocycles. The SMILES string of the molecule is CCOc1cc(CNCc2ccc3c(c2)OCO3)cc(Cl)c1OCC.Cl. The molecule has 0 unspecified atom stereocenters. The van der Waals surface area contributed by atoms with E-state index in [1.165, 1.54) is 0 Å². The Morgan fingerprint density at radius 2 is 1.69 bits per heavy atom. The smallest absolute Gasteiger partial charge is 0.231 e. The average Bonchev–Trinajstić information content (AvgIpc) is 3.06. The third kappa shape index (κ3) is 4.87. The summed E-state index contributed by atoms with van der Waals surface area (Å²) in [6, 6.07) is 9.82. The summed E-state index contributed by atoms with van der Waals surface area (Å²) in [5.41, 5.74) is 2.17. The van der Waals surface area contributed by atoms with Crippen LogP contribution in [0.5, 0.6) is 23.0 Å². The maximum Gasteiger partial charge on any atom is 0.231 e. The van der Waals surface area contributed by atoms with Gasteiger partial charge in [0.05, 0.1) is 18.2 Å². The summed E-state index contributed by atoms with van der Waals surface area (Å²) in [7, 11) is 0. The molecule has 3 rings (SSSR count). The number of fused-ring (bicyclic) bond motifs is 1. The molecule has 2 aromatic carbocycles. The first-order chi connectivity index (χ1) is 12.2. The van der Waals surface area contributed by atoms with E-state index in [1.54, 1.807) is 0 Å². The fourth-order valence-corrected chi connectivity index (χ4v) is 2.96. The zero-order chi connectivity index (χ0) is 17.6. The minimum atomic E-state index is 0. The van der Waals surface area contributed by atoms with Crippen molar-refractivity contribution < 1.29 is 18.9 Å². The Kier molecular flexibility index (Phi) is 7.69. The highest BCUT2D eigenvalue weighted by Crippen LogP contribution is 2.37. The van der Waals surface area contributed by atoms with E-state index in [0.717, 1.165) is 22.6 Å². The molecule has 0 atom stereocenters. The molecule has 0 saturated carbocycles. The second-order valence-corrected chi connectivity index (χ2v) is 5.97. The van der Waals surface area contributed by atoms with Gasteiger partial charge in [-0.25, -0.2) is 0 Å². The molecule has 1 aliphatic rings. The highest BCUT2D eigenvalue weighted by atomic mass is 35.5. The lowest BCUT2D eigenvalue weighted by atomic mass is 10.1. The van der Waals surface area contributed by atoms with Crippen LogP contribution in [0.2, 0.25) is 5.02 Å². The number of halogens is 2. The standard InChI is InChI=1S/C19H22ClNO4.ClH/c1-3-22-18-9-14(7-15(20)19(18)23-4-2)11-21-10-13-5-6-16-17(8-13)25-12-24-16;/h5-9,21H,3-4,10-12H2,1-2H3;1H. The van der Waals surface area contributed by atoms with Crippen LogP contribution in [0.1, 0.15) is 25.0 Å². The molecule has 0 radical (unpaired) electrons. The molecule has 0 aliphatic carbocycles. The lowest BCUT2D eigenvalue weighted by Crippen LogP contribution is -2.13. The summed E-state index contributed by atoms with van der Waals surface area (Å²) in [6.07, 6.45) is 0. The number of ether oxygens (including phenoxy) is 4. The van der Waals surface area contributed by atoms with Gasteiger partial charge in [0, 0.05) is 13.1 Å². The van der Waals surface area contributed by atoms with Crippen molar-refractivity contribution in [3.05, 3.63) is 46.5 Å². The van der Waals surface area contributed by atoms with Gasteiger partial charge >= 0.3 is 0 Å². The lowest BCUT2D eigenvalue weighted by Gasteiger charge is -2.14. The van der Waals surface area contributed by atoms with Gasteiger partial charge < -0.3 is 24.3 Å². The van der Waals surface area contributed by atoms with E-state index in [9.17, 15) is 0 Å². The first-order valence-corrected chi connectivity index (χ1v) is 8.76. The Bertz CT molecular complexity index is 740. The Balaban J connectivity index is 0.00000243. The van der Waals surface area contributed by atoms with Crippen LogP contribution in [0.4, 0.5) is 0 Å². The molecule has 0 bridgehead atoms. The van der Waals surface area contributed by atoms with Gasteiger partial charge in [-0.2, -0.15) is 0 Å². The summed E-state index contributed by atoms with van der Waals surface area (Å²) < 4.78 is 22.0.